The Morgan fingerprint density at radius 2 is 1.30 bits per heavy atom. The van der Waals surface area contributed by atoms with Crippen LogP contribution in [0.1, 0.15) is 52.7 Å². The standard InChI is InChI=1S/C19H28BNS6/c1-13-10-9-11-14(2)17(13)21-16(19(6,7)8)12-15(18(3,4)5)20(21)22-24-26-27-25-23-20/h9-12H,1-8H3. The van der Waals surface area contributed by atoms with Crippen molar-refractivity contribution in [3.05, 3.63) is 40.9 Å². The molecule has 0 aliphatic carbocycles. The zero-order valence-electron chi connectivity index (χ0n) is 17.3. The summed E-state index contributed by atoms with van der Waals surface area (Å²) in [6, 6.07) is 6.70. The maximum absolute atomic E-state index is 2.73. The third-order valence-electron chi connectivity index (χ3n) is 5.02. The van der Waals surface area contributed by atoms with Crippen molar-refractivity contribution < 1.29 is 4.49 Å². The lowest BCUT2D eigenvalue weighted by atomic mass is 9.65. The van der Waals surface area contributed by atoms with Gasteiger partial charge in [-0.15, -0.1) is 5.47 Å². The molecule has 0 aromatic heterocycles. The van der Waals surface area contributed by atoms with E-state index in [-0.39, 0.29) is 10.8 Å². The van der Waals surface area contributed by atoms with E-state index in [1.165, 1.54) is 22.5 Å². The molecule has 0 amide bonds. The van der Waals surface area contributed by atoms with Crippen LogP contribution in [0.4, 0.5) is 5.69 Å². The van der Waals surface area contributed by atoms with Crippen LogP contribution in [0.5, 0.6) is 0 Å². The van der Waals surface area contributed by atoms with E-state index in [0.717, 1.165) is 0 Å². The lowest BCUT2D eigenvalue weighted by Gasteiger charge is -2.39. The average molecular weight is 474 g/mol. The summed E-state index contributed by atoms with van der Waals surface area (Å²) >= 11 is 0. The fraction of sp³-hybridized carbons (Fsp3) is 0.526. The van der Waals surface area contributed by atoms with E-state index in [4.69, 9.17) is 0 Å². The molecule has 0 saturated carbocycles. The number of hydrogen-bond donors (Lipinski definition) is 0. The Hall–Kier alpha value is 0.795. The summed E-state index contributed by atoms with van der Waals surface area (Å²) < 4.78 is 2.73. The van der Waals surface area contributed by atoms with Crippen molar-refractivity contribution in [2.45, 2.75) is 55.4 Å². The second-order valence-corrected chi connectivity index (χ2v) is 19.5. The van der Waals surface area contributed by atoms with Gasteiger partial charge in [0.25, 0.3) is 0 Å². The largest absolute Gasteiger partial charge is 0.433 e. The summed E-state index contributed by atoms with van der Waals surface area (Å²) in [5.41, 5.74) is 7.36. The van der Waals surface area contributed by atoms with Crippen molar-refractivity contribution in [2.24, 2.45) is 10.8 Å². The molecule has 0 unspecified atom stereocenters. The summed E-state index contributed by atoms with van der Waals surface area (Å²) in [6.07, 6.45) is 2.54. The summed E-state index contributed by atoms with van der Waals surface area (Å²) in [6.45, 7) is 18.7. The first-order chi connectivity index (χ1) is 12.5. The number of hydrogen-bond acceptors (Lipinski definition) is 6. The molecule has 1 fully saturated rings. The number of para-hydroxylation sites is 1. The molecule has 1 aromatic carbocycles. The molecule has 1 aromatic rings. The monoisotopic (exact) mass is 473 g/mol. The molecule has 2 aliphatic heterocycles. The summed E-state index contributed by atoms with van der Waals surface area (Å²) in [7, 11) is 11.8. The predicted molar refractivity (Wildman–Crippen MR) is 139 cm³/mol. The molecule has 1 saturated heterocycles. The van der Waals surface area contributed by atoms with Gasteiger partial charge in [0, 0.05) is 16.5 Å². The normalized spacial score (nSPS) is 20.8. The smallest absolute Gasteiger partial charge is 0.393 e. The second kappa shape index (κ2) is 8.14. The van der Waals surface area contributed by atoms with Gasteiger partial charge in [0.05, 0.1) is 0 Å². The summed E-state index contributed by atoms with van der Waals surface area (Å²) in [5, 5.41) is 0. The van der Waals surface area contributed by atoms with Crippen LogP contribution in [-0.4, -0.2) is 15.0 Å². The third-order valence-corrected chi connectivity index (χ3v) is 18.2. The molecule has 2 heterocycles. The minimum Gasteiger partial charge on any atom is -0.393 e. The molecule has 2 aliphatic rings. The molecule has 0 radical (unpaired) electrons. The number of benzene rings is 1. The molecule has 8 heteroatoms. The molecule has 1 spiro atoms. The van der Waals surface area contributed by atoms with E-state index in [0.29, 0.717) is 0 Å². The van der Waals surface area contributed by atoms with Crippen LogP contribution in [0.15, 0.2) is 29.7 Å². The van der Waals surface area contributed by atoms with E-state index in [1.54, 1.807) is 5.47 Å². The van der Waals surface area contributed by atoms with Crippen molar-refractivity contribution in [3.8, 4) is 0 Å². The predicted octanol–water partition coefficient (Wildman–Crippen LogP) is 8.89. The molecular formula is C19H28BNS6. The minimum atomic E-state index is -1.00. The first-order valence-electron chi connectivity index (χ1n) is 9.12. The topological polar surface area (TPSA) is 3.01 Å². The first-order valence-corrected chi connectivity index (χ1v) is 16.7. The number of nitrogens with zero attached hydrogens (tertiary/aromatic N) is 1. The van der Waals surface area contributed by atoms with Gasteiger partial charge in [-0.1, -0.05) is 59.7 Å². The maximum atomic E-state index is 2.73. The molecule has 0 bridgehead atoms. The van der Waals surface area contributed by atoms with Crippen LogP contribution in [0.2, 0.25) is 0 Å². The van der Waals surface area contributed by atoms with E-state index in [1.807, 2.05) is 39.3 Å². The Labute approximate surface area is 187 Å². The van der Waals surface area contributed by atoms with E-state index < -0.39 is 4.84 Å². The van der Waals surface area contributed by atoms with Crippen LogP contribution < -0.4 is 0 Å². The zero-order valence-corrected chi connectivity index (χ0v) is 22.2. The number of rotatable bonds is 1. The van der Waals surface area contributed by atoms with Crippen LogP contribution >= 0.6 is 60.6 Å². The van der Waals surface area contributed by atoms with Crippen molar-refractivity contribution >= 4 is 76.8 Å². The molecule has 3 rings (SSSR count). The van der Waals surface area contributed by atoms with Gasteiger partial charge in [-0.05, 0) is 64.6 Å². The Bertz CT molecular complexity index is 775. The van der Waals surface area contributed by atoms with Gasteiger partial charge < -0.3 is 4.49 Å². The van der Waals surface area contributed by atoms with Gasteiger partial charge in [-0.3, -0.25) is 0 Å². The second-order valence-electron chi connectivity index (χ2n) is 9.23. The average Bonchev–Trinajstić information content (AvgIpc) is 2.69. The molecule has 0 N–H and O–H groups in total. The third kappa shape index (κ3) is 4.31. The van der Waals surface area contributed by atoms with E-state index >= 15 is 0 Å². The molecule has 148 valence electrons. The van der Waals surface area contributed by atoms with Gasteiger partial charge in [0.2, 0.25) is 0 Å². The van der Waals surface area contributed by atoms with Crippen LogP contribution in [0, 0.1) is 24.7 Å². The molecule has 27 heavy (non-hydrogen) atoms. The highest BCUT2D eigenvalue weighted by Gasteiger charge is 2.55. The first kappa shape index (κ1) is 22.5. The molecule has 1 nitrogen and oxygen atoms in total. The van der Waals surface area contributed by atoms with Gasteiger partial charge in [0.15, 0.2) is 5.69 Å². The Balaban J connectivity index is 2.37. The minimum absolute atomic E-state index is 0.0829. The van der Waals surface area contributed by atoms with Crippen molar-refractivity contribution in [3.63, 3.8) is 0 Å². The fourth-order valence-corrected chi connectivity index (χ4v) is 20.5. The van der Waals surface area contributed by atoms with Gasteiger partial charge in [-0.2, -0.15) is 21.3 Å². The Kier molecular flexibility index (Phi) is 6.78. The Morgan fingerprint density at radius 1 is 0.778 bits per heavy atom. The van der Waals surface area contributed by atoms with Crippen molar-refractivity contribution in [1.82, 2.24) is 0 Å². The van der Waals surface area contributed by atoms with Crippen molar-refractivity contribution in [1.29, 1.82) is 0 Å². The van der Waals surface area contributed by atoms with Gasteiger partial charge in [-0.25, -0.2) is 0 Å². The summed E-state index contributed by atoms with van der Waals surface area (Å²) in [5.74, 6) is 0. The maximum Gasteiger partial charge on any atom is 0.433 e. The highest BCUT2D eigenvalue weighted by molar-refractivity contribution is 9.48. The quantitative estimate of drug-likeness (QED) is 0.294. The zero-order chi connectivity index (χ0) is 20.0. The lowest BCUT2D eigenvalue weighted by molar-refractivity contribution is -0.286. The fourth-order valence-electron chi connectivity index (χ4n) is 3.83. The molecular weight excluding hydrogens is 445 g/mol. The van der Waals surface area contributed by atoms with Gasteiger partial charge >= 0.3 is 4.84 Å². The van der Waals surface area contributed by atoms with Crippen LogP contribution in [0.25, 0.3) is 0 Å². The van der Waals surface area contributed by atoms with E-state index in [9.17, 15) is 0 Å². The van der Waals surface area contributed by atoms with Crippen LogP contribution in [0.3, 0.4) is 0 Å². The summed E-state index contributed by atoms with van der Waals surface area (Å²) in [4.78, 5) is -1.00. The number of allylic oxidation sites excluding steroid dienone is 2. The lowest BCUT2D eigenvalue weighted by Crippen LogP contribution is -2.44. The Morgan fingerprint density at radius 3 is 1.74 bits per heavy atom. The number of aryl methyl sites for hydroxylation is 2. The van der Waals surface area contributed by atoms with E-state index in [2.05, 4.69) is 105 Å². The van der Waals surface area contributed by atoms with Crippen molar-refractivity contribution in [2.75, 3.05) is 0 Å². The van der Waals surface area contributed by atoms with Crippen LogP contribution in [-0.2, 0) is 0 Å². The molecule has 0 atom stereocenters. The highest BCUT2D eigenvalue weighted by Crippen LogP contribution is 2.68. The SMILES string of the molecule is Cc1cccc(C)c1[N+]1=C(C(C)(C)C)C=C(C(C)(C)C)[B-]12SSSSSS2. The highest BCUT2D eigenvalue weighted by atomic mass is 33.9. The van der Waals surface area contributed by atoms with Gasteiger partial charge in [0.1, 0.15) is 5.71 Å².